The van der Waals surface area contributed by atoms with E-state index in [1.165, 1.54) is 6.26 Å². The summed E-state index contributed by atoms with van der Waals surface area (Å²) in [4.78, 5) is 0. The molecule has 0 aliphatic heterocycles. The predicted molar refractivity (Wildman–Crippen MR) is 56.9 cm³/mol. The molecule has 1 rings (SSSR count). The maximum Gasteiger partial charge on any atom is 0.157 e. The highest BCUT2D eigenvalue weighted by Crippen LogP contribution is 2.19. The number of alkyl halides is 1. The average Bonchev–Trinajstić information content (AvgIpc) is 2.43. The molecule has 1 heterocycles. The molecule has 0 aliphatic rings. The van der Waals surface area contributed by atoms with E-state index in [9.17, 15) is 8.42 Å². The monoisotopic (exact) mass is 281 g/mol. The Kier molecular flexibility index (Phi) is 3.31. The Morgan fingerprint density at radius 3 is 2.43 bits per heavy atom. The van der Waals surface area contributed by atoms with E-state index in [1.807, 2.05) is 0 Å². The summed E-state index contributed by atoms with van der Waals surface area (Å²) in [7, 11) is -1.35. The van der Waals surface area contributed by atoms with E-state index in [0.29, 0.717) is 11.2 Å². The lowest BCUT2D eigenvalue weighted by Gasteiger charge is -2.08. The minimum absolute atomic E-state index is 0.474. The van der Waals surface area contributed by atoms with Gasteiger partial charge >= 0.3 is 0 Å². The van der Waals surface area contributed by atoms with E-state index in [2.05, 4.69) is 26.1 Å². The molecule has 14 heavy (non-hydrogen) atoms. The quantitative estimate of drug-likeness (QED) is 0.770. The van der Waals surface area contributed by atoms with Gasteiger partial charge in [-0.3, -0.25) is 0 Å². The number of sulfone groups is 1. The van der Waals surface area contributed by atoms with Gasteiger partial charge < -0.3 is 4.57 Å². The van der Waals surface area contributed by atoms with Crippen molar-refractivity contribution in [3.05, 3.63) is 11.6 Å². The molecule has 0 N–H and O–H groups in total. The van der Waals surface area contributed by atoms with E-state index in [1.54, 1.807) is 18.5 Å². The van der Waals surface area contributed by atoms with Gasteiger partial charge in [-0.2, -0.15) is 0 Å². The van der Waals surface area contributed by atoms with Crippen molar-refractivity contribution in [3.8, 4) is 0 Å². The molecule has 1 unspecified atom stereocenters. The van der Waals surface area contributed by atoms with E-state index in [4.69, 9.17) is 0 Å². The van der Waals surface area contributed by atoms with Crippen LogP contribution in [0, 0.1) is 0 Å². The zero-order valence-electron chi connectivity index (χ0n) is 8.23. The molecule has 5 nitrogen and oxygen atoms in total. The first-order valence-electron chi connectivity index (χ1n) is 4.01. The minimum Gasteiger partial charge on any atom is -0.316 e. The van der Waals surface area contributed by atoms with Crippen LogP contribution < -0.4 is 0 Å². The largest absolute Gasteiger partial charge is 0.316 e. The molecule has 1 aromatic rings. The third-order valence-corrected chi connectivity index (χ3v) is 4.12. The lowest BCUT2D eigenvalue weighted by molar-refractivity contribution is 0.585. The van der Waals surface area contributed by atoms with Gasteiger partial charge in [0, 0.05) is 13.3 Å². The fourth-order valence-corrected chi connectivity index (χ4v) is 2.11. The molecular weight excluding hydrogens is 270 g/mol. The van der Waals surface area contributed by atoms with Crippen molar-refractivity contribution in [2.45, 2.75) is 17.5 Å². The van der Waals surface area contributed by atoms with Gasteiger partial charge in [-0.1, -0.05) is 15.9 Å². The lowest BCUT2D eigenvalue weighted by Crippen LogP contribution is -2.13. The summed E-state index contributed by atoms with van der Waals surface area (Å²) in [5.74, 6) is 1.19. The second-order valence-corrected chi connectivity index (χ2v) is 6.07. The molecule has 80 valence electrons. The third-order valence-electron chi connectivity index (χ3n) is 2.12. The first-order chi connectivity index (χ1) is 6.38. The fraction of sp³-hybridized carbons (Fsp3) is 0.714. The van der Waals surface area contributed by atoms with Crippen molar-refractivity contribution in [1.29, 1.82) is 0 Å². The van der Waals surface area contributed by atoms with Crippen LogP contribution in [0.25, 0.3) is 0 Å². The Bertz CT molecular complexity index is 426. The van der Waals surface area contributed by atoms with Gasteiger partial charge in [0.2, 0.25) is 0 Å². The van der Waals surface area contributed by atoms with E-state index < -0.39 is 15.1 Å². The van der Waals surface area contributed by atoms with Gasteiger partial charge in [0.05, 0.1) is 5.33 Å². The zero-order chi connectivity index (χ0) is 10.9. The molecule has 0 spiro atoms. The number of rotatable bonds is 3. The first kappa shape index (κ1) is 11.6. The number of hydrogen-bond donors (Lipinski definition) is 0. The molecule has 0 aromatic carbocycles. The highest BCUT2D eigenvalue weighted by atomic mass is 79.9. The summed E-state index contributed by atoms with van der Waals surface area (Å²) in [5.41, 5.74) is 0. The summed E-state index contributed by atoms with van der Waals surface area (Å²) in [6.45, 7) is 1.61. The van der Waals surface area contributed by atoms with Gasteiger partial charge in [-0.15, -0.1) is 10.2 Å². The zero-order valence-corrected chi connectivity index (χ0v) is 10.6. The van der Waals surface area contributed by atoms with Crippen LogP contribution in [-0.2, 0) is 22.2 Å². The van der Waals surface area contributed by atoms with Crippen LogP contribution in [-0.4, -0.2) is 29.4 Å². The molecule has 1 atom stereocenters. The average molecular weight is 282 g/mol. The van der Waals surface area contributed by atoms with Crippen LogP contribution in [0.3, 0.4) is 0 Å². The molecular formula is C7H12BrN3O2S. The van der Waals surface area contributed by atoms with Gasteiger partial charge in [0.15, 0.2) is 15.7 Å². The van der Waals surface area contributed by atoms with Crippen molar-refractivity contribution in [2.24, 2.45) is 7.05 Å². The standard InChI is InChI=1S/C7H12BrN3O2S/c1-5(14(3,12)13)7-10-9-6(4-8)11(7)2/h5H,4H2,1-3H3. The summed E-state index contributed by atoms with van der Waals surface area (Å²) < 4.78 is 24.3. The topological polar surface area (TPSA) is 64.8 Å². The maximum absolute atomic E-state index is 11.3. The molecule has 1 aromatic heterocycles. The first-order valence-corrected chi connectivity index (χ1v) is 7.08. The normalized spacial score (nSPS) is 14.3. The Morgan fingerprint density at radius 2 is 2.07 bits per heavy atom. The van der Waals surface area contributed by atoms with Crippen molar-refractivity contribution < 1.29 is 8.42 Å². The Morgan fingerprint density at radius 1 is 1.50 bits per heavy atom. The highest BCUT2D eigenvalue weighted by molar-refractivity contribution is 9.08. The van der Waals surface area contributed by atoms with Gasteiger partial charge in [-0.25, -0.2) is 8.42 Å². The summed E-state index contributed by atoms with van der Waals surface area (Å²) in [6, 6.07) is 0. The predicted octanol–water partition coefficient (Wildman–Crippen LogP) is 0.816. The van der Waals surface area contributed by atoms with Crippen LogP contribution in [0.4, 0.5) is 0 Å². The van der Waals surface area contributed by atoms with E-state index in [-0.39, 0.29) is 0 Å². The second kappa shape index (κ2) is 3.98. The molecule has 0 saturated carbocycles. The third kappa shape index (κ3) is 2.14. The number of aromatic nitrogens is 3. The second-order valence-electron chi connectivity index (χ2n) is 3.14. The molecule has 0 saturated heterocycles. The van der Waals surface area contributed by atoms with E-state index in [0.717, 1.165) is 5.82 Å². The van der Waals surface area contributed by atoms with Crippen molar-refractivity contribution in [1.82, 2.24) is 14.8 Å². The lowest BCUT2D eigenvalue weighted by atomic mass is 10.4. The van der Waals surface area contributed by atoms with Crippen LogP contribution in [0.1, 0.15) is 23.8 Å². The highest BCUT2D eigenvalue weighted by Gasteiger charge is 2.23. The Labute approximate surface area is 91.6 Å². The molecule has 0 bridgehead atoms. The smallest absolute Gasteiger partial charge is 0.157 e. The SMILES string of the molecule is CC(c1nnc(CBr)n1C)S(C)(=O)=O. The molecule has 7 heteroatoms. The number of nitrogens with zero attached hydrogens (tertiary/aromatic N) is 3. The molecule has 0 aliphatic carbocycles. The summed E-state index contributed by atoms with van der Waals surface area (Å²) in [6.07, 6.45) is 1.19. The van der Waals surface area contributed by atoms with Crippen molar-refractivity contribution in [3.63, 3.8) is 0 Å². The maximum atomic E-state index is 11.3. The minimum atomic E-state index is -3.11. The van der Waals surface area contributed by atoms with Gasteiger partial charge in [-0.05, 0) is 6.92 Å². The van der Waals surface area contributed by atoms with Crippen molar-refractivity contribution >= 4 is 25.8 Å². The van der Waals surface area contributed by atoms with Crippen molar-refractivity contribution in [2.75, 3.05) is 6.26 Å². The number of halogens is 1. The van der Waals surface area contributed by atoms with Crippen LogP contribution in [0.2, 0.25) is 0 Å². The van der Waals surface area contributed by atoms with E-state index >= 15 is 0 Å². The van der Waals surface area contributed by atoms with Crippen LogP contribution in [0.15, 0.2) is 0 Å². The van der Waals surface area contributed by atoms with Gasteiger partial charge in [0.1, 0.15) is 11.1 Å². The Hall–Kier alpha value is -0.430. The summed E-state index contributed by atoms with van der Waals surface area (Å²) >= 11 is 3.25. The molecule has 0 radical (unpaired) electrons. The van der Waals surface area contributed by atoms with Crippen LogP contribution in [0.5, 0.6) is 0 Å². The Balaban J connectivity index is 3.15. The molecule has 0 fully saturated rings. The number of hydrogen-bond acceptors (Lipinski definition) is 4. The molecule has 0 amide bonds. The van der Waals surface area contributed by atoms with Gasteiger partial charge in [0.25, 0.3) is 0 Å². The van der Waals surface area contributed by atoms with Crippen LogP contribution >= 0.6 is 15.9 Å². The fourth-order valence-electron chi connectivity index (χ4n) is 1.04. The summed E-state index contributed by atoms with van der Waals surface area (Å²) in [5, 5.41) is 7.67.